The van der Waals surface area contributed by atoms with Crippen LogP contribution in [0.15, 0.2) is 54.6 Å². The summed E-state index contributed by atoms with van der Waals surface area (Å²) in [7, 11) is -3.54. The first-order chi connectivity index (χ1) is 11.4. The maximum absolute atomic E-state index is 12.5. The van der Waals surface area contributed by atoms with Gasteiger partial charge >= 0.3 is 0 Å². The Labute approximate surface area is 143 Å². The van der Waals surface area contributed by atoms with E-state index in [1.54, 1.807) is 6.07 Å². The second kappa shape index (κ2) is 8.11. The third-order valence-corrected chi connectivity index (χ3v) is 6.09. The molecule has 1 atom stereocenters. The topological polar surface area (TPSA) is 63.2 Å². The van der Waals surface area contributed by atoms with E-state index in [0.29, 0.717) is 13.0 Å². The first kappa shape index (κ1) is 18.2. The van der Waals surface area contributed by atoms with Crippen molar-refractivity contribution in [1.82, 2.24) is 5.32 Å². The van der Waals surface area contributed by atoms with Crippen LogP contribution in [0.5, 0.6) is 0 Å². The first-order valence-corrected chi connectivity index (χ1v) is 9.69. The molecule has 24 heavy (non-hydrogen) atoms. The zero-order valence-corrected chi connectivity index (χ0v) is 14.8. The third kappa shape index (κ3) is 4.93. The fourth-order valence-electron chi connectivity index (χ4n) is 2.40. The van der Waals surface area contributed by atoms with E-state index < -0.39 is 21.0 Å². The van der Waals surface area contributed by atoms with E-state index in [2.05, 4.69) is 5.32 Å². The Kier molecular flexibility index (Phi) is 6.15. The first-order valence-electron chi connectivity index (χ1n) is 7.98. The maximum atomic E-state index is 12.5. The Hall–Kier alpha value is -2.14. The molecule has 1 N–H and O–H groups in total. The Morgan fingerprint density at radius 1 is 1.04 bits per heavy atom. The molecule has 0 aliphatic rings. The standard InChI is InChI=1S/C19H23NO3S/c1-15-8-6-7-11-18(15)14-24(22,23)16(2)19(21)20-13-12-17-9-4-3-5-10-17/h3-11,16H,12-14H2,1-2H3,(H,20,21). The number of benzene rings is 2. The summed E-state index contributed by atoms with van der Waals surface area (Å²) in [4.78, 5) is 12.2. The van der Waals surface area contributed by atoms with Crippen LogP contribution in [0, 0.1) is 6.92 Å². The van der Waals surface area contributed by atoms with Crippen LogP contribution in [0.4, 0.5) is 0 Å². The van der Waals surface area contributed by atoms with Crippen LogP contribution in [-0.2, 0) is 26.8 Å². The molecule has 0 radical (unpaired) electrons. The van der Waals surface area contributed by atoms with Crippen molar-refractivity contribution in [1.29, 1.82) is 0 Å². The highest BCUT2D eigenvalue weighted by atomic mass is 32.2. The lowest BCUT2D eigenvalue weighted by molar-refractivity contribution is -0.120. The number of carbonyl (C=O) groups excluding carboxylic acids is 1. The minimum absolute atomic E-state index is 0.118. The molecule has 0 aromatic heterocycles. The van der Waals surface area contributed by atoms with Gasteiger partial charge in [-0.25, -0.2) is 8.42 Å². The summed E-state index contributed by atoms with van der Waals surface area (Å²) < 4.78 is 24.9. The van der Waals surface area contributed by atoms with E-state index in [1.165, 1.54) is 6.92 Å². The van der Waals surface area contributed by atoms with Gasteiger partial charge in [0.15, 0.2) is 9.84 Å². The molecule has 0 aliphatic carbocycles. The molecule has 0 spiro atoms. The van der Waals surface area contributed by atoms with Crippen LogP contribution in [0.1, 0.15) is 23.6 Å². The van der Waals surface area contributed by atoms with Crippen LogP contribution < -0.4 is 5.32 Å². The molecule has 0 saturated heterocycles. The number of amides is 1. The van der Waals surface area contributed by atoms with E-state index >= 15 is 0 Å². The summed E-state index contributed by atoms with van der Waals surface area (Å²) >= 11 is 0. The molecule has 4 nitrogen and oxygen atoms in total. The maximum Gasteiger partial charge on any atom is 0.238 e. The molecule has 2 rings (SSSR count). The van der Waals surface area contributed by atoms with E-state index in [1.807, 2.05) is 55.5 Å². The highest BCUT2D eigenvalue weighted by Crippen LogP contribution is 2.15. The number of sulfone groups is 1. The van der Waals surface area contributed by atoms with Gasteiger partial charge in [0.1, 0.15) is 5.25 Å². The summed E-state index contributed by atoms with van der Waals surface area (Å²) in [5, 5.41) is 1.66. The van der Waals surface area contributed by atoms with E-state index in [-0.39, 0.29) is 5.75 Å². The number of rotatable bonds is 7. The normalized spacial score (nSPS) is 12.6. The van der Waals surface area contributed by atoms with Crippen molar-refractivity contribution in [3.8, 4) is 0 Å². The van der Waals surface area contributed by atoms with Crippen LogP contribution in [0.3, 0.4) is 0 Å². The van der Waals surface area contributed by atoms with Crippen LogP contribution >= 0.6 is 0 Å². The van der Waals surface area contributed by atoms with Crippen LogP contribution in [0.25, 0.3) is 0 Å². The van der Waals surface area contributed by atoms with E-state index in [0.717, 1.165) is 16.7 Å². The SMILES string of the molecule is Cc1ccccc1CS(=O)(=O)C(C)C(=O)NCCc1ccccc1. The predicted octanol–water partition coefficient (Wildman–Crippen LogP) is 2.66. The van der Waals surface area contributed by atoms with Crippen molar-refractivity contribution in [3.63, 3.8) is 0 Å². The Morgan fingerprint density at radius 2 is 1.67 bits per heavy atom. The predicted molar refractivity (Wildman–Crippen MR) is 96.4 cm³/mol. The molecule has 0 heterocycles. The van der Waals surface area contributed by atoms with Crippen molar-refractivity contribution < 1.29 is 13.2 Å². The van der Waals surface area contributed by atoms with Gasteiger partial charge in [-0.1, -0.05) is 54.6 Å². The summed E-state index contributed by atoms with van der Waals surface area (Å²) in [6, 6.07) is 17.1. The van der Waals surface area contributed by atoms with Gasteiger partial charge in [-0.3, -0.25) is 4.79 Å². The van der Waals surface area contributed by atoms with Crippen molar-refractivity contribution in [2.45, 2.75) is 31.3 Å². The Morgan fingerprint density at radius 3 is 2.33 bits per heavy atom. The number of aryl methyl sites for hydroxylation is 1. The highest BCUT2D eigenvalue weighted by molar-refractivity contribution is 7.92. The highest BCUT2D eigenvalue weighted by Gasteiger charge is 2.28. The monoisotopic (exact) mass is 345 g/mol. The largest absolute Gasteiger partial charge is 0.355 e. The van der Waals surface area contributed by atoms with Gasteiger partial charge in [0, 0.05) is 6.54 Å². The van der Waals surface area contributed by atoms with Crippen molar-refractivity contribution in [2.75, 3.05) is 6.54 Å². The number of carbonyl (C=O) groups is 1. The smallest absolute Gasteiger partial charge is 0.238 e. The van der Waals surface area contributed by atoms with E-state index in [4.69, 9.17) is 0 Å². The Balaban J connectivity index is 1.92. The molecule has 128 valence electrons. The number of hydrogen-bond donors (Lipinski definition) is 1. The van der Waals surface area contributed by atoms with Crippen molar-refractivity contribution >= 4 is 15.7 Å². The average Bonchev–Trinajstić information content (AvgIpc) is 2.57. The second-order valence-electron chi connectivity index (χ2n) is 5.90. The zero-order chi connectivity index (χ0) is 17.6. The van der Waals surface area contributed by atoms with Gasteiger partial charge in [0.05, 0.1) is 5.75 Å². The fraction of sp³-hybridized carbons (Fsp3) is 0.316. The lowest BCUT2D eigenvalue weighted by atomic mass is 10.1. The lowest BCUT2D eigenvalue weighted by Gasteiger charge is -2.14. The molecule has 1 amide bonds. The summed E-state index contributed by atoms with van der Waals surface area (Å²) in [6.45, 7) is 3.74. The molecular weight excluding hydrogens is 322 g/mol. The van der Waals surface area contributed by atoms with Gasteiger partial charge in [0.25, 0.3) is 0 Å². The van der Waals surface area contributed by atoms with Gasteiger partial charge in [0.2, 0.25) is 5.91 Å². The van der Waals surface area contributed by atoms with Gasteiger partial charge in [-0.15, -0.1) is 0 Å². The molecule has 2 aromatic carbocycles. The molecule has 0 aliphatic heterocycles. The number of nitrogens with one attached hydrogen (secondary N) is 1. The molecular formula is C19H23NO3S. The molecule has 0 fully saturated rings. The summed E-state index contributed by atoms with van der Waals surface area (Å²) in [6.07, 6.45) is 0.678. The van der Waals surface area contributed by atoms with Gasteiger partial charge in [-0.05, 0) is 37.0 Å². The molecule has 1 unspecified atom stereocenters. The molecule has 5 heteroatoms. The van der Waals surface area contributed by atoms with Gasteiger partial charge in [-0.2, -0.15) is 0 Å². The average molecular weight is 345 g/mol. The van der Waals surface area contributed by atoms with Crippen molar-refractivity contribution in [2.24, 2.45) is 0 Å². The Bertz CT molecular complexity index is 785. The fourth-order valence-corrected chi connectivity index (χ4v) is 3.81. The quantitative estimate of drug-likeness (QED) is 0.839. The van der Waals surface area contributed by atoms with Gasteiger partial charge < -0.3 is 5.32 Å². The molecule has 0 saturated carbocycles. The zero-order valence-electron chi connectivity index (χ0n) is 14.0. The minimum atomic E-state index is -3.54. The van der Waals surface area contributed by atoms with Crippen LogP contribution in [-0.4, -0.2) is 26.1 Å². The lowest BCUT2D eigenvalue weighted by Crippen LogP contribution is -2.39. The van der Waals surface area contributed by atoms with Crippen LogP contribution in [0.2, 0.25) is 0 Å². The minimum Gasteiger partial charge on any atom is -0.355 e. The summed E-state index contributed by atoms with van der Waals surface area (Å²) in [5.74, 6) is -0.563. The third-order valence-electron chi connectivity index (χ3n) is 4.08. The van der Waals surface area contributed by atoms with Crippen molar-refractivity contribution in [3.05, 3.63) is 71.3 Å². The number of hydrogen-bond acceptors (Lipinski definition) is 3. The molecule has 0 bridgehead atoms. The molecule has 2 aromatic rings. The summed E-state index contributed by atoms with van der Waals surface area (Å²) in [5.41, 5.74) is 2.76. The second-order valence-corrected chi connectivity index (χ2v) is 8.22. The van der Waals surface area contributed by atoms with E-state index in [9.17, 15) is 13.2 Å².